The van der Waals surface area contributed by atoms with Gasteiger partial charge in [0, 0.05) is 31.6 Å². The predicted molar refractivity (Wildman–Crippen MR) is 91.1 cm³/mol. The maximum atomic E-state index is 12.4. The van der Waals surface area contributed by atoms with Gasteiger partial charge in [0.05, 0.1) is 17.6 Å². The lowest BCUT2D eigenvalue weighted by atomic mass is 10.1. The first kappa shape index (κ1) is 16.6. The highest BCUT2D eigenvalue weighted by Crippen LogP contribution is 2.12. The van der Waals surface area contributed by atoms with E-state index in [-0.39, 0.29) is 29.4 Å². The molecular formula is C17H22N4O3. The van der Waals surface area contributed by atoms with E-state index in [2.05, 4.69) is 34.3 Å². The number of nitrogens with one attached hydrogen (secondary N) is 2. The summed E-state index contributed by atoms with van der Waals surface area (Å²) < 4.78 is 5.70. The number of benzene rings is 1. The molecule has 1 fully saturated rings. The molecule has 2 atom stereocenters. The number of aromatic amines is 1. The molecule has 3 rings (SSSR count). The van der Waals surface area contributed by atoms with Crippen LogP contribution in [0, 0.1) is 0 Å². The van der Waals surface area contributed by atoms with Crippen LogP contribution in [-0.4, -0.2) is 59.4 Å². The second-order valence-corrected chi connectivity index (χ2v) is 6.22. The molecule has 1 aromatic heterocycles. The Morgan fingerprint density at radius 3 is 2.67 bits per heavy atom. The fraction of sp³-hybridized carbons (Fsp3) is 0.471. The number of carbonyl (C=O) groups excluding carboxylic acids is 1. The topological polar surface area (TPSA) is 87.3 Å². The molecule has 1 aliphatic heterocycles. The van der Waals surface area contributed by atoms with Gasteiger partial charge in [-0.3, -0.25) is 14.5 Å². The summed E-state index contributed by atoms with van der Waals surface area (Å²) in [6, 6.07) is 6.97. The first-order valence-corrected chi connectivity index (χ1v) is 8.18. The lowest BCUT2D eigenvalue weighted by Crippen LogP contribution is -2.47. The normalized spacial score (nSPS) is 21.8. The van der Waals surface area contributed by atoms with Gasteiger partial charge in [0.1, 0.15) is 0 Å². The van der Waals surface area contributed by atoms with E-state index in [0.717, 1.165) is 19.6 Å². The van der Waals surface area contributed by atoms with Crippen LogP contribution < -0.4 is 10.9 Å². The first-order valence-electron chi connectivity index (χ1n) is 8.18. The van der Waals surface area contributed by atoms with Gasteiger partial charge >= 0.3 is 0 Å². The van der Waals surface area contributed by atoms with E-state index >= 15 is 0 Å². The number of amides is 1. The Hall–Kier alpha value is -2.25. The summed E-state index contributed by atoms with van der Waals surface area (Å²) in [6.45, 7) is 7.10. The minimum atomic E-state index is -0.293. The zero-order valence-corrected chi connectivity index (χ0v) is 13.9. The predicted octanol–water partition coefficient (Wildman–Crippen LogP) is 0.762. The maximum absolute atomic E-state index is 12.4. The number of morpholine rings is 1. The van der Waals surface area contributed by atoms with Gasteiger partial charge in [0.25, 0.3) is 11.5 Å². The molecule has 7 heteroatoms. The molecule has 1 amide bonds. The van der Waals surface area contributed by atoms with Crippen molar-refractivity contribution in [3.63, 3.8) is 0 Å². The van der Waals surface area contributed by atoms with E-state index in [1.165, 1.54) is 0 Å². The molecule has 2 aromatic rings. The summed E-state index contributed by atoms with van der Waals surface area (Å²) in [5, 5.41) is 10.2. The summed E-state index contributed by atoms with van der Waals surface area (Å²) in [4.78, 5) is 26.4. The molecule has 2 heterocycles. The van der Waals surface area contributed by atoms with Crippen LogP contribution in [0.4, 0.5) is 0 Å². The quantitative estimate of drug-likeness (QED) is 0.864. The van der Waals surface area contributed by atoms with Crippen molar-refractivity contribution >= 4 is 16.7 Å². The third-order valence-corrected chi connectivity index (χ3v) is 4.12. The SMILES string of the molecule is C[C@@H]1CN(CCNC(=O)c2n[nH]c(=O)c3ccccc23)C[C@H](C)O1. The van der Waals surface area contributed by atoms with Crippen LogP contribution in [0.25, 0.3) is 10.8 Å². The van der Waals surface area contributed by atoms with E-state index in [1.807, 2.05) is 0 Å². The van der Waals surface area contributed by atoms with Crippen molar-refractivity contribution in [1.82, 2.24) is 20.4 Å². The van der Waals surface area contributed by atoms with E-state index in [1.54, 1.807) is 24.3 Å². The fourth-order valence-corrected chi connectivity index (χ4v) is 3.17. The number of nitrogens with zero attached hydrogens (tertiary/aromatic N) is 2. The molecule has 0 saturated carbocycles. The number of hydrogen-bond acceptors (Lipinski definition) is 5. The highest BCUT2D eigenvalue weighted by molar-refractivity contribution is 6.04. The zero-order valence-electron chi connectivity index (χ0n) is 13.9. The number of ether oxygens (including phenoxy) is 1. The smallest absolute Gasteiger partial charge is 0.272 e. The highest BCUT2D eigenvalue weighted by Gasteiger charge is 2.22. The standard InChI is InChI=1S/C17H22N4O3/c1-11-9-21(10-12(2)24-11)8-7-18-17(23)15-13-5-3-4-6-14(13)16(22)20-19-15/h3-6,11-12H,7-10H2,1-2H3,(H,18,23)(H,20,22)/t11-,12+. The van der Waals surface area contributed by atoms with Gasteiger partial charge in [0.2, 0.25) is 0 Å². The summed E-state index contributed by atoms with van der Waals surface area (Å²) in [5.74, 6) is -0.281. The van der Waals surface area contributed by atoms with Crippen LogP contribution in [0.5, 0.6) is 0 Å². The van der Waals surface area contributed by atoms with Crippen LogP contribution in [0.2, 0.25) is 0 Å². The molecule has 1 aliphatic rings. The Labute approximate surface area is 140 Å². The molecule has 1 aromatic carbocycles. The molecule has 0 spiro atoms. The third-order valence-electron chi connectivity index (χ3n) is 4.12. The van der Waals surface area contributed by atoms with Gasteiger partial charge in [-0.05, 0) is 19.9 Å². The Kier molecular flexibility index (Phi) is 4.92. The molecule has 128 valence electrons. The van der Waals surface area contributed by atoms with Crippen LogP contribution >= 0.6 is 0 Å². The van der Waals surface area contributed by atoms with E-state index < -0.39 is 0 Å². The number of aromatic nitrogens is 2. The second kappa shape index (κ2) is 7.11. The van der Waals surface area contributed by atoms with E-state index in [4.69, 9.17) is 4.74 Å². The van der Waals surface area contributed by atoms with Crippen molar-refractivity contribution in [1.29, 1.82) is 0 Å². The maximum Gasteiger partial charge on any atom is 0.272 e. The Morgan fingerprint density at radius 1 is 1.29 bits per heavy atom. The lowest BCUT2D eigenvalue weighted by Gasteiger charge is -2.35. The van der Waals surface area contributed by atoms with Crippen molar-refractivity contribution in [2.75, 3.05) is 26.2 Å². The molecule has 0 unspecified atom stereocenters. The average Bonchev–Trinajstić information content (AvgIpc) is 2.54. The van der Waals surface area contributed by atoms with Gasteiger partial charge < -0.3 is 10.1 Å². The van der Waals surface area contributed by atoms with Crippen LogP contribution in [0.3, 0.4) is 0 Å². The van der Waals surface area contributed by atoms with Crippen LogP contribution in [-0.2, 0) is 4.74 Å². The monoisotopic (exact) mass is 330 g/mol. The zero-order chi connectivity index (χ0) is 17.1. The molecular weight excluding hydrogens is 308 g/mol. The number of hydrogen-bond donors (Lipinski definition) is 2. The van der Waals surface area contributed by atoms with Gasteiger partial charge in [-0.15, -0.1) is 0 Å². The first-order chi connectivity index (χ1) is 11.5. The van der Waals surface area contributed by atoms with E-state index in [0.29, 0.717) is 17.3 Å². The highest BCUT2D eigenvalue weighted by atomic mass is 16.5. The van der Waals surface area contributed by atoms with Gasteiger partial charge in [-0.25, -0.2) is 5.10 Å². The van der Waals surface area contributed by atoms with Crippen molar-refractivity contribution < 1.29 is 9.53 Å². The Morgan fingerprint density at radius 2 is 1.96 bits per heavy atom. The molecule has 0 radical (unpaired) electrons. The largest absolute Gasteiger partial charge is 0.373 e. The van der Waals surface area contributed by atoms with Gasteiger partial charge in [-0.2, -0.15) is 5.10 Å². The number of H-pyrrole nitrogens is 1. The minimum Gasteiger partial charge on any atom is -0.373 e. The number of rotatable bonds is 4. The fourth-order valence-electron chi connectivity index (χ4n) is 3.17. The summed E-state index contributed by atoms with van der Waals surface area (Å²) in [6.07, 6.45) is 0.406. The van der Waals surface area contributed by atoms with Gasteiger partial charge in [-0.1, -0.05) is 18.2 Å². The van der Waals surface area contributed by atoms with Crippen molar-refractivity contribution in [2.45, 2.75) is 26.1 Å². The Balaban J connectivity index is 1.64. The van der Waals surface area contributed by atoms with Crippen molar-refractivity contribution in [3.8, 4) is 0 Å². The Bertz CT molecular complexity index is 779. The molecule has 2 N–H and O–H groups in total. The van der Waals surface area contributed by atoms with Crippen molar-refractivity contribution in [3.05, 3.63) is 40.3 Å². The molecule has 0 bridgehead atoms. The average molecular weight is 330 g/mol. The molecule has 7 nitrogen and oxygen atoms in total. The van der Waals surface area contributed by atoms with Gasteiger partial charge in [0.15, 0.2) is 5.69 Å². The lowest BCUT2D eigenvalue weighted by molar-refractivity contribution is -0.0672. The molecule has 24 heavy (non-hydrogen) atoms. The number of carbonyl (C=O) groups is 1. The van der Waals surface area contributed by atoms with Crippen molar-refractivity contribution in [2.24, 2.45) is 0 Å². The second-order valence-electron chi connectivity index (χ2n) is 6.22. The molecule has 0 aliphatic carbocycles. The third kappa shape index (κ3) is 3.63. The van der Waals surface area contributed by atoms with E-state index in [9.17, 15) is 9.59 Å². The number of fused-ring (bicyclic) bond motifs is 1. The molecule has 1 saturated heterocycles. The van der Waals surface area contributed by atoms with Crippen LogP contribution in [0.15, 0.2) is 29.1 Å². The van der Waals surface area contributed by atoms with Crippen LogP contribution in [0.1, 0.15) is 24.3 Å². The minimum absolute atomic E-state index is 0.203. The summed E-state index contributed by atoms with van der Waals surface area (Å²) in [7, 11) is 0. The summed E-state index contributed by atoms with van der Waals surface area (Å²) in [5.41, 5.74) is -0.0487. The summed E-state index contributed by atoms with van der Waals surface area (Å²) >= 11 is 0.